The minimum Gasteiger partial charge on any atom is -0.494 e. The van der Waals surface area contributed by atoms with Gasteiger partial charge in [0.2, 0.25) is 5.91 Å². The zero-order chi connectivity index (χ0) is 16.9. The number of nitrogens with zero attached hydrogens (tertiary/aromatic N) is 1. The molecule has 1 aliphatic rings. The number of amides is 1. The largest absolute Gasteiger partial charge is 0.494 e. The first kappa shape index (κ1) is 16.1. The van der Waals surface area contributed by atoms with Crippen molar-refractivity contribution >= 4 is 17.6 Å². The Balaban J connectivity index is 1.57. The molecule has 1 atom stereocenters. The van der Waals surface area contributed by atoms with Gasteiger partial charge in [0.15, 0.2) is 0 Å². The number of ether oxygens (including phenoxy) is 1. The van der Waals surface area contributed by atoms with Gasteiger partial charge in [-0.2, -0.15) is 0 Å². The second-order valence-electron chi connectivity index (χ2n) is 5.72. The molecule has 0 saturated carbocycles. The molecule has 5 heteroatoms. The van der Waals surface area contributed by atoms with E-state index in [0.29, 0.717) is 30.7 Å². The van der Waals surface area contributed by atoms with Crippen LogP contribution in [0.15, 0.2) is 54.6 Å². The van der Waals surface area contributed by atoms with Crippen molar-refractivity contribution < 1.29 is 19.4 Å². The molecule has 1 aliphatic heterocycles. The van der Waals surface area contributed by atoms with Crippen LogP contribution in [-0.4, -0.2) is 30.1 Å². The van der Waals surface area contributed by atoms with Gasteiger partial charge in [-0.15, -0.1) is 0 Å². The molecule has 2 aromatic rings. The van der Waals surface area contributed by atoms with Crippen LogP contribution in [0.25, 0.3) is 0 Å². The molecule has 24 heavy (non-hydrogen) atoms. The smallest absolute Gasteiger partial charge is 0.312 e. The monoisotopic (exact) mass is 325 g/mol. The minimum atomic E-state index is -0.898. The molecule has 124 valence electrons. The van der Waals surface area contributed by atoms with Gasteiger partial charge >= 0.3 is 5.97 Å². The quantitative estimate of drug-likeness (QED) is 0.829. The Morgan fingerprint density at radius 3 is 2.54 bits per heavy atom. The summed E-state index contributed by atoms with van der Waals surface area (Å²) < 4.78 is 5.58. The van der Waals surface area contributed by atoms with E-state index in [1.54, 1.807) is 23.1 Å². The number of rotatable bonds is 6. The van der Waals surface area contributed by atoms with E-state index in [1.807, 2.05) is 36.4 Å². The molecule has 1 amide bonds. The highest BCUT2D eigenvalue weighted by atomic mass is 16.5. The van der Waals surface area contributed by atoms with E-state index >= 15 is 0 Å². The molecule has 0 aliphatic carbocycles. The molecule has 0 fully saturated rings. The number of benzene rings is 2. The third-order valence-electron chi connectivity index (χ3n) is 4.11. The Labute approximate surface area is 140 Å². The van der Waals surface area contributed by atoms with Gasteiger partial charge in [-0.05, 0) is 30.2 Å². The van der Waals surface area contributed by atoms with Gasteiger partial charge in [0.25, 0.3) is 0 Å². The maximum atomic E-state index is 12.5. The molecular weight excluding hydrogens is 306 g/mol. The van der Waals surface area contributed by atoms with Gasteiger partial charge in [0, 0.05) is 18.7 Å². The Morgan fingerprint density at radius 2 is 1.79 bits per heavy atom. The average Bonchev–Trinajstić information content (AvgIpc) is 2.99. The van der Waals surface area contributed by atoms with Gasteiger partial charge in [0.1, 0.15) is 11.7 Å². The summed E-state index contributed by atoms with van der Waals surface area (Å²) in [6, 6.07) is 16.7. The molecule has 0 saturated heterocycles. The Bertz CT molecular complexity index is 729. The van der Waals surface area contributed by atoms with Gasteiger partial charge in [-0.25, -0.2) is 0 Å². The molecule has 3 rings (SSSR count). The Morgan fingerprint density at radius 1 is 1.08 bits per heavy atom. The van der Waals surface area contributed by atoms with Gasteiger partial charge < -0.3 is 14.7 Å². The number of hydrogen-bond donors (Lipinski definition) is 1. The molecule has 1 N–H and O–H groups in total. The predicted octanol–water partition coefficient (Wildman–Crippen LogP) is 3.06. The number of carboxylic acids is 1. The summed E-state index contributed by atoms with van der Waals surface area (Å²) in [5.41, 5.74) is 1.41. The molecule has 0 radical (unpaired) electrons. The Hall–Kier alpha value is -2.82. The molecule has 0 aromatic heterocycles. The highest BCUT2D eigenvalue weighted by Gasteiger charge is 2.35. The van der Waals surface area contributed by atoms with Crippen LogP contribution >= 0.6 is 0 Å². The fourth-order valence-electron chi connectivity index (χ4n) is 2.92. The summed E-state index contributed by atoms with van der Waals surface area (Å²) in [6.07, 6.45) is 0.914. The van der Waals surface area contributed by atoms with E-state index in [1.165, 1.54) is 0 Å². The number of carbonyl (C=O) groups excluding carboxylic acids is 1. The van der Waals surface area contributed by atoms with Crippen LogP contribution < -0.4 is 9.64 Å². The highest BCUT2D eigenvalue weighted by molar-refractivity contribution is 5.98. The summed E-state index contributed by atoms with van der Waals surface area (Å²) in [6.45, 7) is 0.653. The van der Waals surface area contributed by atoms with Crippen LogP contribution in [0, 0.1) is 0 Å². The first-order chi connectivity index (χ1) is 11.7. The number of carboxylic acid groups (broad SMARTS) is 1. The molecular formula is C19H19NO4. The first-order valence-corrected chi connectivity index (χ1v) is 7.97. The fraction of sp³-hybridized carbons (Fsp3) is 0.263. The van der Waals surface area contributed by atoms with E-state index in [9.17, 15) is 14.7 Å². The van der Waals surface area contributed by atoms with E-state index in [-0.39, 0.29) is 12.5 Å². The zero-order valence-electron chi connectivity index (χ0n) is 13.2. The summed E-state index contributed by atoms with van der Waals surface area (Å²) in [5, 5.41) is 9.34. The maximum absolute atomic E-state index is 12.5. The lowest BCUT2D eigenvalue weighted by Crippen LogP contribution is -2.31. The number of carbonyl (C=O) groups is 2. The molecule has 0 spiro atoms. The van der Waals surface area contributed by atoms with E-state index in [4.69, 9.17) is 4.74 Å². The number of fused-ring (bicyclic) bond motifs is 1. The lowest BCUT2D eigenvalue weighted by Gasteiger charge is -2.17. The second kappa shape index (κ2) is 7.17. The van der Waals surface area contributed by atoms with Crippen LogP contribution in [0.4, 0.5) is 5.69 Å². The van der Waals surface area contributed by atoms with Gasteiger partial charge in [0.05, 0.1) is 6.61 Å². The fourth-order valence-corrected chi connectivity index (χ4v) is 2.92. The number of hydrogen-bond acceptors (Lipinski definition) is 3. The van der Waals surface area contributed by atoms with Crippen molar-refractivity contribution in [3.8, 4) is 5.75 Å². The number of anilines is 1. The van der Waals surface area contributed by atoms with Gasteiger partial charge in [-0.1, -0.05) is 36.4 Å². The van der Waals surface area contributed by atoms with Crippen molar-refractivity contribution in [3.63, 3.8) is 0 Å². The maximum Gasteiger partial charge on any atom is 0.312 e. The zero-order valence-corrected chi connectivity index (χ0v) is 13.2. The van der Waals surface area contributed by atoms with Crippen LogP contribution in [0.1, 0.15) is 24.3 Å². The third kappa shape index (κ3) is 3.40. The molecule has 2 aromatic carbocycles. The average molecular weight is 325 g/mol. The van der Waals surface area contributed by atoms with E-state index in [2.05, 4.69) is 0 Å². The molecule has 0 bridgehead atoms. The molecule has 1 unspecified atom stereocenters. The van der Waals surface area contributed by atoms with Crippen molar-refractivity contribution in [2.24, 2.45) is 0 Å². The topological polar surface area (TPSA) is 66.8 Å². The summed E-state index contributed by atoms with van der Waals surface area (Å²) in [4.78, 5) is 25.4. The predicted molar refractivity (Wildman–Crippen MR) is 90.3 cm³/mol. The first-order valence-electron chi connectivity index (χ1n) is 7.97. The third-order valence-corrected chi connectivity index (χ3v) is 4.11. The van der Waals surface area contributed by atoms with Crippen LogP contribution in [0.5, 0.6) is 5.75 Å². The summed E-state index contributed by atoms with van der Waals surface area (Å²) in [5.74, 6) is -0.832. The van der Waals surface area contributed by atoms with Crippen molar-refractivity contribution in [1.29, 1.82) is 0 Å². The molecule has 5 nitrogen and oxygen atoms in total. The van der Waals surface area contributed by atoms with E-state index in [0.717, 1.165) is 5.75 Å². The van der Waals surface area contributed by atoms with Crippen LogP contribution in [0.2, 0.25) is 0 Å². The second-order valence-corrected chi connectivity index (χ2v) is 5.72. The molecule has 1 heterocycles. The summed E-state index contributed by atoms with van der Waals surface area (Å²) >= 11 is 0. The SMILES string of the molecule is O=C(O)C1CN(C(=O)CCCOc2ccccc2)c2ccccc21. The van der Waals surface area contributed by atoms with Crippen molar-refractivity contribution in [2.75, 3.05) is 18.1 Å². The Kier molecular flexibility index (Phi) is 4.79. The number of aliphatic carboxylic acids is 1. The lowest BCUT2D eigenvalue weighted by molar-refractivity contribution is -0.138. The van der Waals surface area contributed by atoms with Crippen LogP contribution in [-0.2, 0) is 9.59 Å². The standard InChI is InChI=1S/C19H19NO4/c21-18(11-6-12-24-14-7-2-1-3-8-14)20-13-16(19(22)23)15-9-4-5-10-17(15)20/h1-5,7-10,16H,6,11-13H2,(H,22,23). The van der Waals surface area contributed by atoms with Gasteiger partial charge in [-0.3, -0.25) is 9.59 Å². The van der Waals surface area contributed by atoms with Crippen molar-refractivity contribution in [3.05, 3.63) is 60.2 Å². The highest BCUT2D eigenvalue weighted by Crippen LogP contribution is 2.36. The van der Waals surface area contributed by atoms with Crippen molar-refractivity contribution in [2.45, 2.75) is 18.8 Å². The van der Waals surface area contributed by atoms with E-state index < -0.39 is 11.9 Å². The summed E-state index contributed by atoms with van der Waals surface area (Å²) in [7, 11) is 0. The normalized spacial score (nSPS) is 15.8. The minimum absolute atomic E-state index is 0.0668. The van der Waals surface area contributed by atoms with Crippen molar-refractivity contribution in [1.82, 2.24) is 0 Å². The van der Waals surface area contributed by atoms with Crippen LogP contribution in [0.3, 0.4) is 0 Å². The lowest BCUT2D eigenvalue weighted by atomic mass is 10.0. The number of para-hydroxylation sites is 2.